The quantitative estimate of drug-likeness (QED) is 0.477. The highest BCUT2D eigenvalue weighted by Crippen LogP contribution is 2.24. The molecule has 6 nitrogen and oxygen atoms in total. The summed E-state index contributed by atoms with van der Waals surface area (Å²) in [6, 6.07) is 15.9. The lowest BCUT2D eigenvalue weighted by Crippen LogP contribution is -2.36. The number of guanidine groups is 1. The monoisotopic (exact) mass is 436 g/mol. The van der Waals surface area contributed by atoms with E-state index in [2.05, 4.69) is 29.7 Å². The molecule has 2 aromatic rings. The number of carbonyl (C=O) groups excluding carboxylic acids is 1. The van der Waals surface area contributed by atoms with Gasteiger partial charge in [0.25, 0.3) is 5.91 Å². The minimum atomic E-state index is 0.00843. The van der Waals surface area contributed by atoms with Crippen LogP contribution in [0, 0.1) is 0 Å². The van der Waals surface area contributed by atoms with Crippen molar-refractivity contribution in [1.82, 2.24) is 15.5 Å². The Morgan fingerprint density at radius 3 is 2.47 bits per heavy atom. The van der Waals surface area contributed by atoms with Gasteiger partial charge in [-0.25, -0.2) is 4.99 Å². The van der Waals surface area contributed by atoms with Crippen LogP contribution in [0.25, 0.3) is 0 Å². The van der Waals surface area contributed by atoms with Crippen molar-refractivity contribution in [3.05, 3.63) is 65.2 Å². The lowest BCUT2D eigenvalue weighted by molar-refractivity contribution is 0.0827. The molecule has 0 unspecified atom stereocenters. The van der Waals surface area contributed by atoms with Gasteiger partial charge in [0.15, 0.2) is 5.96 Å². The number of carbonyl (C=O) groups is 1. The van der Waals surface area contributed by atoms with Crippen molar-refractivity contribution in [2.24, 2.45) is 4.99 Å². The summed E-state index contributed by atoms with van der Waals surface area (Å²) in [6.07, 6.45) is 6.51. The summed E-state index contributed by atoms with van der Waals surface area (Å²) in [6.45, 7) is 4.05. The summed E-state index contributed by atoms with van der Waals surface area (Å²) in [4.78, 5) is 18.4. The Hall–Kier alpha value is -3.02. The van der Waals surface area contributed by atoms with E-state index < -0.39 is 0 Å². The molecule has 0 heterocycles. The van der Waals surface area contributed by atoms with Crippen LogP contribution in [-0.4, -0.2) is 43.5 Å². The third-order valence-corrected chi connectivity index (χ3v) is 5.58. The second-order valence-electron chi connectivity index (χ2n) is 8.47. The summed E-state index contributed by atoms with van der Waals surface area (Å²) < 4.78 is 6.19. The van der Waals surface area contributed by atoms with Crippen LogP contribution in [0.4, 0.5) is 0 Å². The summed E-state index contributed by atoms with van der Waals surface area (Å²) in [5.74, 6) is 1.71. The van der Waals surface area contributed by atoms with Gasteiger partial charge >= 0.3 is 0 Å². The number of rotatable bonds is 8. The molecule has 6 heteroatoms. The highest BCUT2D eigenvalue weighted by Gasteiger charge is 2.14. The smallest absolute Gasteiger partial charge is 0.253 e. The van der Waals surface area contributed by atoms with E-state index in [0.29, 0.717) is 24.8 Å². The molecule has 0 aliphatic heterocycles. The maximum absolute atomic E-state index is 12.0. The fourth-order valence-corrected chi connectivity index (χ4v) is 3.81. The molecule has 0 saturated heterocycles. The number of aliphatic imine (C=N–C) groups is 1. The van der Waals surface area contributed by atoms with E-state index in [0.717, 1.165) is 42.2 Å². The van der Waals surface area contributed by atoms with Crippen LogP contribution in [0.15, 0.2) is 53.5 Å². The van der Waals surface area contributed by atoms with Crippen molar-refractivity contribution in [3.8, 4) is 5.75 Å². The second-order valence-corrected chi connectivity index (χ2v) is 8.47. The first-order chi connectivity index (χ1) is 15.5. The Bertz CT molecular complexity index is 887. The summed E-state index contributed by atoms with van der Waals surface area (Å²) in [5.41, 5.74) is 2.91. The van der Waals surface area contributed by atoms with Gasteiger partial charge in [-0.3, -0.25) is 4.79 Å². The number of ether oxygens (including phenoxy) is 1. The SMILES string of the molecule is CCNC(=NCc1cccc(OC2CCCCC2)c1)NCc1ccc(C(=O)N(C)C)cc1. The third kappa shape index (κ3) is 7.29. The zero-order valence-corrected chi connectivity index (χ0v) is 19.6. The van der Waals surface area contributed by atoms with E-state index in [1.165, 1.54) is 19.3 Å². The van der Waals surface area contributed by atoms with E-state index in [4.69, 9.17) is 9.73 Å². The molecule has 0 aromatic heterocycles. The molecule has 2 aromatic carbocycles. The van der Waals surface area contributed by atoms with Crippen molar-refractivity contribution in [2.45, 2.75) is 58.2 Å². The third-order valence-electron chi connectivity index (χ3n) is 5.58. The minimum Gasteiger partial charge on any atom is -0.490 e. The van der Waals surface area contributed by atoms with Crippen LogP contribution in [-0.2, 0) is 13.1 Å². The first-order valence-electron chi connectivity index (χ1n) is 11.6. The van der Waals surface area contributed by atoms with Gasteiger partial charge in [-0.2, -0.15) is 0 Å². The Balaban J connectivity index is 1.56. The molecule has 1 aliphatic carbocycles. The fraction of sp³-hybridized carbons (Fsp3) is 0.462. The van der Waals surface area contributed by atoms with E-state index in [1.807, 2.05) is 36.4 Å². The van der Waals surface area contributed by atoms with Crippen LogP contribution < -0.4 is 15.4 Å². The van der Waals surface area contributed by atoms with Gasteiger partial charge in [0.1, 0.15) is 5.75 Å². The van der Waals surface area contributed by atoms with Crippen LogP contribution in [0.2, 0.25) is 0 Å². The molecule has 1 saturated carbocycles. The minimum absolute atomic E-state index is 0.00843. The van der Waals surface area contributed by atoms with Gasteiger partial charge in [-0.15, -0.1) is 0 Å². The normalized spacial score (nSPS) is 14.7. The molecular formula is C26H36N4O2. The number of hydrogen-bond donors (Lipinski definition) is 2. The molecule has 3 rings (SSSR count). The van der Waals surface area contributed by atoms with Crippen LogP contribution >= 0.6 is 0 Å². The highest BCUT2D eigenvalue weighted by atomic mass is 16.5. The van der Waals surface area contributed by atoms with Crippen LogP contribution in [0.1, 0.15) is 60.5 Å². The topological polar surface area (TPSA) is 66.0 Å². The molecule has 172 valence electrons. The average molecular weight is 437 g/mol. The Kier molecular flexibility index (Phi) is 8.96. The second kappa shape index (κ2) is 12.1. The Labute approximate surface area is 192 Å². The first-order valence-corrected chi connectivity index (χ1v) is 11.6. The Morgan fingerprint density at radius 1 is 1.03 bits per heavy atom. The van der Waals surface area contributed by atoms with Gasteiger partial charge in [0, 0.05) is 32.7 Å². The molecule has 0 bridgehead atoms. The van der Waals surface area contributed by atoms with Gasteiger partial charge in [-0.1, -0.05) is 30.7 Å². The summed E-state index contributed by atoms with van der Waals surface area (Å²) in [7, 11) is 3.52. The maximum Gasteiger partial charge on any atom is 0.253 e. The Morgan fingerprint density at radius 2 is 1.78 bits per heavy atom. The van der Waals surface area contributed by atoms with Crippen molar-refractivity contribution >= 4 is 11.9 Å². The van der Waals surface area contributed by atoms with Crippen molar-refractivity contribution in [1.29, 1.82) is 0 Å². The number of hydrogen-bond acceptors (Lipinski definition) is 3. The largest absolute Gasteiger partial charge is 0.490 e. The number of nitrogens with zero attached hydrogens (tertiary/aromatic N) is 2. The van der Waals surface area contributed by atoms with Gasteiger partial charge in [-0.05, 0) is 68.0 Å². The highest BCUT2D eigenvalue weighted by molar-refractivity contribution is 5.93. The van der Waals surface area contributed by atoms with Crippen molar-refractivity contribution < 1.29 is 9.53 Å². The van der Waals surface area contributed by atoms with Crippen LogP contribution in [0.5, 0.6) is 5.75 Å². The number of amides is 1. The summed E-state index contributed by atoms with van der Waals surface area (Å²) >= 11 is 0. The molecular weight excluding hydrogens is 400 g/mol. The zero-order chi connectivity index (χ0) is 22.8. The van der Waals surface area contributed by atoms with Gasteiger partial charge in [0.2, 0.25) is 0 Å². The van der Waals surface area contributed by atoms with E-state index in [1.54, 1.807) is 19.0 Å². The summed E-state index contributed by atoms with van der Waals surface area (Å²) in [5, 5.41) is 6.67. The van der Waals surface area contributed by atoms with Crippen molar-refractivity contribution in [3.63, 3.8) is 0 Å². The van der Waals surface area contributed by atoms with Gasteiger partial charge in [0.05, 0.1) is 12.6 Å². The number of nitrogens with one attached hydrogen (secondary N) is 2. The molecule has 32 heavy (non-hydrogen) atoms. The average Bonchev–Trinajstić information content (AvgIpc) is 2.81. The molecule has 1 aliphatic rings. The predicted octanol–water partition coefficient (Wildman–Crippen LogP) is 4.36. The molecule has 0 radical (unpaired) electrons. The van der Waals surface area contributed by atoms with Gasteiger partial charge < -0.3 is 20.3 Å². The number of benzene rings is 2. The first kappa shape index (κ1) is 23.6. The predicted molar refractivity (Wildman–Crippen MR) is 130 cm³/mol. The standard InChI is InChI=1S/C26H36N4O2/c1-4-27-26(28-18-20-13-15-22(16-14-20)25(31)30(2)3)29-19-21-9-8-12-24(17-21)32-23-10-6-5-7-11-23/h8-9,12-17,23H,4-7,10-11,18-19H2,1-3H3,(H2,27,28,29). The van der Waals surface area contributed by atoms with E-state index >= 15 is 0 Å². The lowest BCUT2D eigenvalue weighted by Gasteiger charge is -2.23. The molecule has 1 amide bonds. The molecule has 1 fully saturated rings. The van der Waals surface area contributed by atoms with E-state index in [9.17, 15) is 4.79 Å². The van der Waals surface area contributed by atoms with Crippen molar-refractivity contribution in [2.75, 3.05) is 20.6 Å². The molecule has 0 spiro atoms. The van der Waals surface area contributed by atoms with Crippen LogP contribution in [0.3, 0.4) is 0 Å². The zero-order valence-electron chi connectivity index (χ0n) is 19.6. The van der Waals surface area contributed by atoms with E-state index in [-0.39, 0.29) is 5.91 Å². The molecule has 2 N–H and O–H groups in total. The lowest BCUT2D eigenvalue weighted by atomic mass is 9.98. The maximum atomic E-state index is 12.0. The fourth-order valence-electron chi connectivity index (χ4n) is 3.81. The molecule has 0 atom stereocenters.